The molecule has 0 saturated carbocycles. The van der Waals surface area contributed by atoms with Crippen molar-refractivity contribution in [3.63, 3.8) is 0 Å². The number of hydrogen-bond donors (Lipinski definition) is 1. The van der Waals surface area contributed by atoms with Crippen LogP contribution in [0.2, 0.25) is 0 Å². The van der Waals surface area contributed by atoms with Crippen LogP contribution in [0.25, 0.3) is 5.76 Å². The number of rotatable bonds is 6. The molecule has 156 valence electrons. The van der Waals surface area contributed by atoms with E-state index in [9.17, 15) is 14.7 Å². The van der Waals surface area contributed by atoms with Gasteiger partial charge in [0, 0.05) is 12.1 Å². The van der Waals surface area contributed by atoms with Crippen LogP contribution in [0.3, 0.4) is 0 Å². The summed E-state index contributed by atoms with van der Waals surface area (Å²) in [6.45, 7) is 3.44. The summed E-state index contributed by atoms with van der Waals surface area (Å²) in [5.74, 6) is -0.319. The highest BCUT2D eigenvalue weighted by Gasteiger charge is 2.45. The van der Waals surface area contributed by atoms with Crippen molar-refractivity contribution in [1.82, 2.24) is 4.90 Å². The molecule has 6 nitrogen and oxygen atoms in total. The highest BCUT2D eigenvalue weighted by atomic mass is 16.6. The first-order valence-corrected chi connectivity index (χ1v) is 10.3. The van der Waals surface area contributed by atoms with Crippen molar-refractivity contribution in [2.24, 2.45) is 0 Å². The molecule has 2 aromatic carbocycles. The second kappa shape index (κ2) is 8.61. The van der Waals surface area contributed by atoms with Crippen LogP contribution in [0.5, 0.6) is 11.5 Å². The third-order valence-electron chi connectivity index (χ3n) is 5.47. The molecule has 0 bridgehead atoms. The lowest BCUT2D eigenvalue weighted by atomic mass is 9.95. The molecule has 1 fully saturated rings. The molecule has 4 rings (SSSR count). The summed E-state index contributed by atoms with van der Waals surface area (Å²) in [7, 11) is 0. The molecule has 1 unspecified atom stereocenters. The molecule has 1 N–H and O–H groups in total. The number of fused-ring (bicyclic) bond motifs is 1. The predicted molar refractivity (Wildman–Crippen MR) is 112 cm³/mol. The first kappa shape index (κ1) is 20.0. The number of carbonyl (C=O) groups is 2. The molecular weight excluding hydrogens is 382 g/mol. The quantitative estimate of drug-likeness (QED) is 0.338. The molecule has 1 saturated heterocycles. The van der Waals surface area contributed by atoms with E-state index in [0.29, 0.717) is 36.8 Å². The molecule has 0 radical (unpaired) electrons. The van der Waals surface area contributed by atoms with E-state index in [0.717, 1.165) is 24.8 Å². The number of ketones is 1. The van der Waals surface area contributed by atoms with E-state index in [1.54, 1.807) is 23.1 Å². The van der Waals surface area contributed by atoms with E-state index in [4.69, 9.17) is 9.47 Å². The number of aliphatic hydroxyl groups excluding tert-OH is 1. The Morgan fingerprint density at radius 1 is 1.03 bits per heavy atom. The second-order valence-corrected chi connectivity index (χ2v) is 7.47. The Morgan fingerprint density at radius 3 is 2.50 bits per heavy atom. The van der Waals surface area contributed by atoms with Crippen molar-refractivity contribution in [3.8, 4) is 11.5 Å². The van der Waals surface area contributed by atoms with Crippen LogP contribution in [0.15, 0.2) is 54.1 Å². The topological polar surface area (TPSA) is 76.1 Å². The van der Waals surface area contributed by atoms with Gasteiger partial charge in [-0.25, -0.2) is 0 Å². The average molecular weight is 407 g/mol. The average Bonchev–Trinajstić information content (AvgIpc) is 3.04. The summed E-state index contributed by atoms with van der Waals surface area (Å²) in [6.07, 6.45) is 2.78. The summed E-state index contributed by atoms with van der Waals surface area (Å²) < 4.78 is 11.1. The van der Waals surface area contributed by atoms with Crippen LogP contribution >= 0.6 is 0 Å². The predicted octanol–water partition coefficient (Wildman–Crippen LogP) is 4.07. The number of ether oxygens (including phenoxy) is 2. The first-order valence-electron chi connectivity index (χ1n) is 10.3. The van der Waals surface area contributed by atoms with Crippen molar-refractivity contribution in [2.75, 3.05) is 19.8 Å². The monoisotopic (exact) mass is 407 g/mol. The van der Waals surface area contributed by atoms with E-state index in [-0.39, 0.29) is 11.3 Å². The van der Waals surface area contributed by atoms with E-state index >= 15 is 0 Å². The van der Waals surface area contributed by atoms with Crippen LogP contribution in [0.4, 0.5) is 0 Å². The molecule has 2 aliphatic heterocycles. The number of carbonyl (C=O) groups excluding carboxylic acids is 2. The van der Waals surface area contributed by atoms with Crippen molar-refractivity contribution < 1.29 is 24.2 Å². The van der Waals surface area contributed by atoms with E-state index in [2.05, 4.69) is 6.92 Å². The Morgan fingerprint density at radius 2 is 1.77 bits per heavy atom. The Hall–Kier alpha value is -3.28. The Bertz CT molecular complexity index is 982. The largest absolute Gasteiger partial charge is 0.507 e. The zero-order valence-corrected chi connectivity index (χ0v) is 17.0. The summed E-state index contributed by atoms with van der Waals surface area (Å²) >= 11 is 0. The molecule has 0 aliphatic carbocycles. The third kappa shape index (κ3) is 3.65. The number of Topliss-reactive ketones (excluding diaryl/α,β-unsaturated/α-hetero) is 1. The Balaban J connectivity index is 1.79. The van der Waals surface area contributed by atoms with Crippen LogP contribution in [-0.2, 0) is 9.59 Å². The van der Waals surface area contributed by atoms with Crippen LogP contribution in [0.1, 0.15) is 43.4 Å². The molecular formula is C24H25NO5. The van der Waals surface area contributed by atoms with Gasteiger partial charge < -0.3 is 19.5 Å². The van der Waals surface area contributed by atoms with Crippen molar-refractivity contribution in [2.45, 2.75) is 32.2 Å². The summed E-state index contributed by atoms with van der Waals surface area (Å²) in [5.41, 5.74) is 1.33. The lowest BCUT2D eigenvalue weighted by Crippen LogP contribution is -2.30. The van der Waals surface area contributed by atoms with Gasteiger partial charge in [-0.1, -0.05) is 50.1 Å². The summed E-state index contributed by atoms with van der Waals surface area (Å²) in [5, 5.41) is 11.1. The van der Waals surface area contributed by atoms with Gasteiger partial charge in [-0.05, 0) is 30.2 Å². The minimum atomic E-state index is -0.659. The lowest BCUT2D eigenvalue weighted by Gasteiger charge is -2.25. The minimum absolute atomic E-state index is 0.111. The second-order valence-electron chi connectivity index (χ2n) is 7.47. The number of hydrogen-bond acceptors (Lipinski definition) is 5. The normalized spacial score (nSPS) is 19.9. The molecule has 2 aliphatic rings. The molecule has 1 atom stereocenters. The molecule has 2 heterocycles. The number of nitrogens with zero attached hydrogens (tertiary/aromatic N) is 1. The van der Waals surface area contributed by atoms with Crippen molar-refractivity contribution in [3.05, 3.63) is 65.2 Å². The standard InChI is InChI=1S/C24H25NO5/c1-2-3-7-12-25-21(16-8-5-4-6-9-16)20(23(27)24(25)28)22(26)17-10-11-18-19(15-17)30-14-13-29-18/h4-6,8-11,15,21,26H,2-3,7,12-14H2,1H3/b22-20-. The van der Waals surface area contributed by atoms with Gasteiger partial charge in [0.15, 0.2) is 11.5 Å². The lowest BCUT2D eigenvalue weighted by molar-refractivity contribution is -0.139. The fraction of sp³-hybridized carbons (Fsp3) is 0.333. The van der Waals surface area contributed by atoms with Crippen molar-refractivity contribution in [1.29, 1.82) is 0 Å². The Kier molecular flexibility index (Phi) is 5.74. The molecule has 2 aromatic rings. The van der Waals surface area contributed by atoms with Gasteiger partial charge in [0.2, 0.25) is 0 Å². The van der Waals surface area contributed by atoms with E-state index in [1.165, 1.54) is 0 Å². The zero-order chi connectivity index (χ0) is 21.1. The highest BCUT2D eigenvalue weighted by Crippen LogP contribution is 2.41. The van der Waals surface area contributed by atoms with Crippen LogP contribution < -0.4 is 9.47 Å². The third-order valence-corrected chi connectivity index (χ3v) is 5.47. The van der Waals surface area contributed by atoms with Gasteiger partial charge in [0.25, 0.3) is 11.7 Å². The van der Waals surface area contributed by atoms with Gasteiger partial charge in [-0.15, -0.1) is 0 Å². The summed E-state index contributed by atoms with van der Waals surface area (Å²) in [4.78, 5) is 27.4. The number of likely N-dealkylation sites (tertiary alicyclic amines) is 1. The van der Waals surface area contributed by atoms with E-state index < -0.39 is 17.7 Å². The number of amides is 1. The molecule has 1 amide bonds. The molecule has 30 heavy (non-hydrogen) atoms. The maximum atomic E-state index is 13.0. The highest BCUT2D eigenvalue weighted by molar-refractivity contribution is 6.46. The SMILES string of the molecule is CCCCCN1C(=O)C(=O)/C(=C(\O)c2ccc3c(c2)OCCO3)C1c1ccccc1. The van der Waals surface area contributed by atoms with Gasteiger partial charge in [-0.2, -0.15) is 0 Å². The Labute approximate surface area is 175 Å². The number of aliphatic hydroxyl groups is 1. The smallest absolute Gasteiger partial charge is 0.295 e. The van der Waals surface area contributed by atoms with Gasteiger partial charge >= 0.3 is 0 Å². The molecule has 0 spiro atoms. The maximum Gasteiger partial charge on any atom is 0.295 e. The van der Waals surface area contributed by atoms with Crippen molar-refractivity contribution >= 4 is 17.4 Å². The van der Waals surface area contributed by atoms with Gasteiger partial charge in [0.1, 0.15) is 19.0 Å². The number of unbranched alkanes of at least 4 members (excludes halogenated alkanes) is 2. The maximum absolute atomic E-state index is 13.0. The summed E-state index contributed by atoms with van der Waals surface area (Å²) in [6, 6.07) is 13.8. The van der Waals surface area contributed by atoms with Gasteiger partial charge in [0.05, 0.1) is 11.6 Å². The molecule has 0 aromatic heterocycles. The first-order chi connectivity index (χ1) is 14.6. The van der Waals surface area contributed by atoms with E-state index in [1.807, 2.05) is 30.3 Å². The molecule has 6 heteroatoms. The fourth-order valence-corrected chi connectivity index (χ4v) is 3.97. The fourth-order valence-electron chi connectivity index (χ4n) is 3.97. The minimum Gasteiger partial charge on any atom is -0.507 e. The van der Waals surface area contributed by atoms with Crippen LogP contribution in [-0.4, -0.2) is 41.5 Å². The van der Waals surface area contributed by atoms with Gasteiger partial charge in [-0.3, -0.25) is 9.59 Å². The van der Waals surface area contributed by atoms with Crippen LogP contribution in [0, 0.1) is 0 Å². The number of benzene rings is 2. The zero-order valence-electron chi connectivity index (χ0n) is 17.0.